The Morgan fingerprint density at radius 3 is 2.51 bits per heavy atom. The molecule has 2 heterocycles. The van der Waals surface area contributed by atoms with Crippen LogP contribution in [0.3, 0.4) is 0 Å². The number of methoxy groups -OCH3 is 2. The molecule has 4 aromatic rings. The Morgan fingerprint density at radius 2 is 1.81 bits per heavy atom. The van der Waals surface area contributed by atoms with Crippen LogP contribution in [0.1, 0.15) is 36.6 Å². The Labute approximate surface area is 277 Å². The number of non-ortho nitro benzene ring substituents is 1. The second kappa shape index (κ2) is 14.5. The van der Waals surface area contributed by atoms with Crippen LogP contribution >= 0.6 is 22.9 Å². The van der Waals surface area contributed by atoms with Gasteiger partial charge in [-0.05, 0) is 60.9 Å². The first kappa shape index (κ1) is 33.2. The van der Waals surface area contributed by atoms with E-state index in [0.717, 1.165) is 11.3 Å². The summed E-state index contributed by atoms with van der Waals surface area (Å²) in [6.07, 6.45) is 3.06. The molecule has 0 aliphatic carbocycles. The highest BCUT2D eigenvalue weighted by Crippen LogP contribution is 2.38. The Bertz CT molecular complexity index is 2050. The number of aromatic nitrogens is 1. The van der Waals surface area contributed by atoms with Crippen molar-refractivity contribution in [2.45, 2.75) is 26.5 Å². The van der Waals surface area contributed by atoms with Gasteiger partial charge in [-0.15, -0.1) is 0 Å². The molecule has 0 saturated heterocycles. The topological polar surface area (TPSA) is 141 Å². The molecule has 0 bridgehead atoms. The minimum Gasteiger partial charge on any atom is -0.493 e. The zero-order valence-electron chi connectivity index (χ0n) is 25.9. The summed E-state index contributed by atoms with van der Waals surface area (Å²) in [5.74, 6) is 0.924. The smallest absolute Gasteiger partial charge is 0.337 e. The predicted molar refractivity (Wildman–Crippen MR) is 175 cm³/mol. The van der Waals surface area contributed by atoms with Crippen LogP contribution in [0.25, 0.3) is 6.08 Å². The quantitative estimate of drug-likeness (QED) is 0.115. The number of nitrogens with zero attached hydrogens (tertiary/aromatic N) is 3. The highest BCUT2D eigenvalue weighted by molar-refractivity contribution is 7.07. The van der Waals surface area contributed by atoms with Crippen LogP contribution in [0, 0.1) is 10.1 Å². The van der Waals surface area contributed by atoms with Gasteiger partial charge >= 0.3 is 5.97 Å². The molecule has 244 valence electrons. The van der Waals surface area contributed by atoms with Crippen LogP contribution in [0.4, 0.5) is 5.69 Å². The van der Waals surface area contributed by atoms with E-state index in [1.165, 1.54) is 37.1 Å². The number of carbonyl (C=O) groups is 1. The molecule has 1 aliphatic rings. The summed E-state index contributed by atoms with van der Waals surface area (Å²) in [5.41, 5.74) is 1.45. The van der Waals surface area contributed by atoms with Crippen molar-refractivity contribution < 1.29 is 33.4 Å². The molecule has 1 atom stereocenters. The van der Waals surface area contributed by atoms with E-state index in [2.05, 4.69) is 4.99 Å². The van der Waals surface area contributed by atoms with E-state index < -0.39 is 16.9 Å². The molecule has 5 rings (SSSR count). The molecule has 47 heavy (non-hydrogen) atoms. The van der Waals surface area contributed by atoms with Gasteiger partial charge in [0.25, 0.3) is 11.2 Å². The monoisotopic (exact) mass is 679 g/mol. The summed E-state index contributed by atoms with van der Waals surface area (Å²) in [5, 5.41) is 11.3. The highest BCUT2D eigenvalue weighted by Gasteiger charge is 2.31. The number of hydrogen-bond acceptors (Lipinski definition) is 11. The molecule has 0 N–H and O–H groups in total. The lowest BCUT2D eigenvalue weighted by Gasteiger charge is -2.23. The Morgan fingerprint density at radius 1 is 1.04 bits per heavy atom. The fourth-order valence-electron chi connectivity index (χ4n) is 5.02. The Balaban J connectivity index is 1.54. The average molecular weight is 680 g/mol. The van der Waals surface area contributed by atoms with E-state index in [1.54, 1.807) is 48.5 Å². The van der Waals surface area contributed by atoms with E-state index in [9.17, 15) is 19.7 Å². The lowest BCUT2D eigenvalue weighted by molar-refractivity contribution is -0.384. The van der Waals surface area contributed by atoms with Crippen LogP contribution in [0.15, 0.2) is 76.2 Å². The summed E-state index contributed by atoms with van der Waals surface area (Å²) < 4.78 is 29.8. The fourth-order valence-corrected chi connectivity index (χ4v) is 6.26. The highest BCUT2D eigenvalue weighted by atomic mass is 35.5. The minimum absolute atomic E-state index is 0.00872. The van der Waals surface area contributed by atoms with Gasteiger partial charge in [-0.25, -0.2) is 9.79 Å². The minimum atomic E-state index is -0.849. The van der Waals surface area contributed by atoms with Gasteiger partial charge < -0.3 is 23.7 Å². The lowest BCUT2D eigenvalue weighted by Crippen LogP contribution is -2.39. The SMILES string of the molecule is CCOc1ccc([C@H]2C(C(=O)OC)=CN=c3s/c(=C\c4cc(Cl)c(OCc5cccc([N+](=O)[O-])c5)c(OC)c4)c(=O)n32)cc1OCC. The van der Waals surface area contributed by atoms with Crippen LogP contribution in [0.5, 0.6) is 23.0 Å². The molecule has 1 aromatic heterocycles. The second-order valence-corrected chi connectivity index (χ2v) is 11.4. The van der Waals surface area contributed by atoms with Gasteiger partial charge in [0.1, 0.15) is 6.61 Å². The molecule has 14 heteroatoms. The summed E-state index contributed by atoms with van der Waals surface area (Å²) in [7, 11) is 2.72. The number of halogens is 1. The molecule has 0 fully saturated rings. The number of rotatable bonds is 12. The van der Waals surface area contributed by atoms with Crippen molar-refractivity contribution in [1.82, 2.24) is 4.57 Å². The second-order valence-electron chi connectivity index (χ2n) is 10.00. The molecule has 12 nitrogen and oxygen atoms in total. The largest absolute Gasteiger partial charge is 0.493 e. The number of nitro benzene ring substituents is 1. The van der Waals surface area contributed by atoms with E-state index in [-0.39, 0.29) is 34.2 Å². The number of esters is 1. The first-order valence-corrected chi connectivity index (χ1v) is 15.6. The maximum absolute atomic E-state index is 14.0. The summed E-state index contributed by atoms with van der Waals surface area (Å²) >= 11 is 7.75. The molecular weight excluding hydrogens is 650 g/mol. The number of ether oxygens (including phenoxy) is 5. The maximum Gasteiger partial charge on any atom is 0.337 e. The fraction of sp³-hybridized carbons (Fsp3) is 0.242. The molecule has 0 saturated carbocycles. The van der Waals surface area contributed by atoms with E-state index in [1.807, 2.05) is 13.8 Å². The van der Waals surface area contributed by atoms with Crippen molar-refractivity contribution in [3.05, 3.63) is 118 Å². The van der Waals surface area contributed by atoms with Gasteiger partial charge in [-0.3, -0.25) is 19.5 Å². The molecule has 1 aliphatic heterocycles. The third kappa shape index (κ3) is 7.00. The van der Waals surface area contributed by atoms with E-state index in [0.29, 0.717) is 56.5 Å². The van der Waals surface area contributed by atoms with Crippen LogP contribution in [-0.2, 0) is 16.1 Å². The third-order valence-electron chi connectivity index (χ3n) is 7.06. The Kier molecular flexibility index (Phi) is 10.3. The van der Waals surface area contributed by atoms with Crippen LogP contribution in [0.2, 0.25) is 5.02 Å². The molecule has 0 amide bonds. The van der Waals surface area contributed by atoms with Gasteiger partial charge in [-0.2, -0.15) is 0 Å². The Hall–Kier alpha value is -5.14. The van der Waals surface area contributed by atoms with Crippen molar-refractivity contribution in [3.63, 3.8) is 0 Å². The van der Waals surface area contributed by atoms with Gasteiger partial charge in [0.2, 0.25) is 0 Å². The van der Waals surface area contributed by atoms with Gasteiger partial charge in [0, 0.05) is 18.3 Å². The number of nitro groups is 1. The average Bonchev–Trinajstić information content (AvgIpc) is 3.38. The normalized spacial score (nSPS) is 14.0. The first-order valence-electron chi connectivity index (χ1n) is 14.4. The number of fused-ring (bicyclic) bond motifs is 1. The summed E-state index contributed by atoms with van der Waals surface area (Å²) in [6.45, 7) is 4.54. The summed E-state index contributed by atoms with van der Waals surface area (Å²) in [4.78, 5) is 42.3. The van der Waals surface area contributed by atoms with Crippen molar-refractivity contribution in [2.24, 2.45) is 4.99 Å². The molecule has 0 radical (unpaired) electrons. The predicted octanol–water partition coefficient (Wildman–Crippen LogP) is 4.96. The lowest BCUT2D eigenvalue weighted by atomic mass is 9.97. The van der Waals surface area contributed by atoms with Gasteiger partial charge in [-0.1, -0.05) is 41.1 Å². The van der Waals surface area contributed by atoms with Gasteiger partial charge in [0.05, 0.1) is 53.5 Å². The van der Waals surface area contributed by atoms with Crippen molar-refractivity contribution in [1.29, 1.82) is 0 Å². The van der Waals surface area contributed by atoms with Crippen molar-refractivity contribution >= 4 is 40.7 Å². The summed E-state index contributed by atoms with van der Waals surface area (Å²) in [6, 6.07) is 13.8. The molecule has 0 spiro atoms. The third-order valence-corrected chi connectivity index (χ3v) is 8.34. The number of thiazole rings is 1. The zero-order chi connectivity index (χ0) is 33.7. The molecule has 0 unspecified atom stereocenters. The molecular formula is C33H30ClN3O9S. The number of hydrogen-bond donors (Lipinski definition) is 0. The van der Waals surface area contributed by atoms with E-state index in [4.69, 9.17) is 35.3 Å². The van der Waals surface area contributed by atoms with Crippen LogP contribution in [-0.4, -0.2) is 42.9 Å². The zero-order valence-corrected chi connectivity index (χ0v) is 27.4. The number of benzene rings is 3. The van der Waals surface area contributed by atoms with Crippen molar-refractivity contribution in [3.8, 4) is 23.0 Å². The first-order chi connectivity index (χ1) is 22.7. The van der Waals surface area contributed by atoms with E-state index >= 15 is 0 Å². The molecule has 3 aromatic carbocycles. The standard InChI is InChI=1S/C33H30ClN3O9S/c1-5-44-25-11-10-21(16-26(25)45-6-2)29-23(32(39)43-4)17-35-33-36(29)31(38)28(47-33)15-20-13-24(34)30(27(14-20)42-3)46-18-19-8-7-9-22(12-19)37(40)41/h7-17,29H,5-6,18H2,1-4H3/b28-15-/t29-/m0/s1. The van der Waals surface area contributed by atoms with Crippen molar-refractivity contribution in [2.75, 3.05) is 27.4 Å². The number of carbonyl (C=O) groups excluding carboxylic acids is 1. The van der Waals surface area contributed by atoms with Gasteiger partial charge in [0.15, 0.2) is 27.8 Å². The van der Waals surface area contributed by atoms with Crippen LogP contribution < -0.4 is 33.8 Å². The maximum atomic E-state index is 14.0.